The summed E-state index contributed by atoms with van der Waals surface area (Å²) in [7, 11) is 1.76. The van der Waals surface area contributed by atoms with E-state index < -0.39 is 0 Å². The van der Waals surface area contributed by atoms with E-state index in [1.54, 1.807) is 11.9 Å². The molecular weight excluding hydrogens is 290 g/mol. The third-order valence-corrected chi connectivity index (χ3v) is 3.73. The molecule has 1 aromatic rings. The molecule has 1 fully saturated rings. The molecule has 1 aliphatic heterocycles. The lowest BCUT2D eigenvalue weighted by Crippen LogP contribution is -2.50. The molecule has 2 unspecified atom stereocenters. The van der Waals surface area contributed by atoms with Crippen LogP contribution in [0.4, 0.5) is 0 Å². The molecule has 2 amide bonds. The Balaban J connectivity index is 0.00000220. The van der Waals surface area contributed by atoms with Crippen molar-refractivity contribution >= 4 is 24.2 Å². The van der Waals surface area contributed by atoms with Crippen LogP contribution in [0.3, 0.4) is 0 Å². The Kier molecular flexibility index (Phi) is 6.65. The molecule has 2 rings (SSSR count). The Labute approximate surface area is 131 Å². The predicted molar refractivity (Wildman–Crippen MR) is 84.3 cm³/mol. The van der Waals surface area contributed by atoms with E-state index in [4.69, 9.17) is 5.73 Å². The summed E-state index contributed by atoms with van der Waals surface area (Å²) in [4.78, 5) is 25.4. The first-order valence-corrected chi connectivity index (χ1v) is 6.91. The first-order chi connectivity index (χ1) is 9.61. The third kappa shape index (κ3) is 4.44. The molecule has 6 heteroatoms. The molecule has 1 aliphatic rings. The maximum absolute atomic E-state index is 12.3. The van der Waals surface area contributed by atoms with Crippen LogP contribution in [0.15, 0.2) is 30.3 Å². The highest BCUT2D eigenvalue weighted by molar-refractivity contribution is 5.85. The summed E-state index contributed by atoms with van der Waals surface area (Å²) in [5.41, 5.74) is 6.66. The molecule has 5 nitrogen and oxygen atoms in total. The summed E-state index contributed by atoms with van der Waals surface area (Å²) in [5, 5.41) is 3.01. The fraction of sp³-hybridized carbons (Fsp3) is 0.467. The Hall–Kier alpha value is -1.59. The van der Waals surface area contributed by atoms with E-state index in [1.807, 2.05) is 30.3 Å². The van der Waals surface area contributed by atoms with Gasteiger partial charge in [-0.3, -0.25) is 9.59 Å². The average molecular weight is 312 g/mol. The van der Waals surface area contributed by atoms with Gasteiger partial charge in [0.05, 0.1) is 5.92 Å². The number of amides is 2. The van der Waals surface area contributed by atoms with Crippen LogP contribution in [-0.2, 0) is 9.59 Å². The van der Waals surface area contributed by atoms with E-state index in [0.717, 1.165) is 5.56 Å². The van der Waals surface area contributed by atoms with Gasteiger partial charge in [0.25, 0.3) is 0 Å². The van der Waals surface area contributed by atoms with Crippen LogP contribution >= 0.6 is 12.4 Å². The van der Waals surface area contributed by atoms with E-state index in [-0.39, 0.29) is 42.7 Å². The molecule has 0 aliphatic carbocycles. The first-order valence-electron chi connectivity index (χ1n) is 6.91. The molecule has 2 atom stereocenters. The van der Waals surface area contributed by atoms with E-state index in [2.05, 4.69) is 5.32 Å². The zero-order chi connectivity index (χ0) is 14.5. The number of halogens is 1. The second kappa shape index (κ2) is 8.00. The number of nitrogens with zero attached hydrogens (tertiary/aromatic N) is 1. The SMILES string of the molecule is CN1CC(NC(=O)C(CN)c2ccccc2)CCC1=O.Cl. The highest BCUT2D eigenvalue weighted by Gasteiger charge is 2.27. The van der Waals surface area contributed by atoms with Gasteiger partial charge >= 0.3 is 0 Å². The van der Waals surface area contributed by atoms with Crippen LogP contribution < -0.4 is 11.1 Å². The van der Waals surface area contributed by atoms with Crippen LogP contribution in [-0.4, -0.2) is 42.9 Å². The van der Waals surface area contributed by atoms with E-state index in [9.17, 15) is 9.59 Å². The Bertz CT molecular complexity index is 481. The number of hydrogen-bond acceptors (Lipinski definition) is 3. The first kappa shape index (κ1) is 17.5. The number of nitrogens with two attached hydrogens (primary N) is 1. The van der Waals surface area contributed by atoms with Crippen LogP contribution in [0.2, 0.25) is 0 Å². The van der Waals surface area contributed by atoms with E-state index >= 15 is 0 Å². The lowest BCUT2D eigenvalue weighted by Gasteiger charge is -2.31. The van der Waals surface area contributed by atoms with Crippen molar-refractivity contribution in [2.24, 2.45) is 5.73 Å². The van der Waals surface area contributed by atoms with Crippen molar-refractivity contribution in [2.45, 2.75) is 24.8 Å². The molecule has 21 heavy (non-hydrogen) atoms. The monoisotopic (exact) mass is 311 g/mol. The van der Waals surface area contributed by atoms with Gasteiger partial charge in [0.15, 0.2) is 0 Å². The normalized spacial score (nSPS) is 19.6. The fourth-order valence-electron chi connectivity index (χ4n) is 2.51. The summed E-state index contributed by atoms with van der Waals surface area (Å²) < 4.78 is 0. The number of likely N-dealkylation sites (N-methyl/N-ethyl adjacent to an activating group) is 1. The number of benzene rings is 1. The highest BCUT2D eigenvalue weighted by atomic mass is 35.5. The van der Waals surface area contributed by atoms with Crippen molar-refractivity contribution in [2.75, 3.05) is 20.1 Å². The van der Waals surface area contributed by atoms with Crippen LogP contribution in [0.5, 0.6) is 0 Å². The van der Waals surface area contributed by atoms with Crippen molar-refractivity contribution in [3.8, 4) is 0 Å². The predicted octanol–water partition coefficient (Wildman–Crippen LogP) is 0.888. The van der Waals surface area contributed by atoms with Gasteiger partial charge in [-0.15, -0.1) is 12.4 Å². The lowest BCUT2D eigenvalue weighted by atomic mass is 9.97. The Morgan fingerprint density at radius 2 is 2.10 bits per heavy atom. The Morgan fingerprint density at radius 3 is 2.67 bits per heavy atom. The minimum atomic E-state index is -0.334. The van der Waals surface area contributed by atoms with Gasteiger partial charge in [-0.1, -0.05) is 30.3 Å². The zero-order valence-electron chi connectivity index (χ0n) is 12.1. The van der Waals surface area contributed by atoms with Gasteiger partial charge in [-0.25, -0.2) is 0 Å². The van der Waals surface area contributed by atoms with Gasteiger partial charge in [-0.05, 0) is 12.0 Å². The number of carbonyl (C=O) groups excluding carboxylic acids is 2. The molecule has 3 N–H and O–H groups in total. The second-order valence-corrected chi connectivity index (χ2v) is 5.22. The molecule has 0 saturated carbocycles. The smallest absolute Gasteiger partial charge is 0.229 e. The summed E-state index contributed by atoms with van der Waals surface area (Å²) in [6.45, 7) is 0.841. The second-order valence-electron chi connectivity index (χ2n) is 5.22. The molecule has 0 radical (unpaired) electrons. The number of rotatable bonds is 4. The third-order valence-electron chi connectivity index (χ3n) is 3.73. The average Bonchev–Trinajstić information content (AvgIpc) is 2.45. The molecule has 0 spiro atoms. The van der Waals surface area contributed by atoms with Gasteiger partial charge in [0.1, 0.15) is 0 Å². The molecule has 1 saturated heterocycles. The lowest BCUT2D eigenvalue weighted by molar-refractivity contribution is -0.134. The summed E-state index contributed by atoms with van der Waals surface area (Å²) in [6, 6.07) is 9.55. The van der Waals surface area contributed by atoms with Gasteiger partial charge in [0.2, 0.25) is 11.8 Å². The molecule has 1 aromatic carbocycles. The summed E-state index contributed by atoms with van der Waals surface area (Å²) in [6.07, 6.45) is 1.18. The number of hydrogen-bond donors (Lipinski definition) is 2. The zero-order valence-corrected chi connectivity index (χ0v) is 12.9. The van der Waals surface area contributed by atoms with E-state index in [0.29, 0.717) is 19.4 Å². The van der Waals surface area contributed by atoms with Gasteiger partial charge in [0, 0.05) is 32.6 Å². The molecule has 0 aromatic heterocycles. The van der Waals surface area contributed by atoms with Crippen molar-refractivity contribution < 1.29 is 9.59 Å². The topological polar surface area (TPSA) is 75.4 Å². The number of likely N-dealkylation sites (tertiary alicyclic amines) is 1. The summed E-state index contributed by atoms with van der Waals surface area (Å²) in [5.74, 6) is -0.264. The standard InChI is InChI=1S/C15H21N3O2.ClH/c1-18-10-12(7-8-14(18)19)17-15(20)13(9-16)11-5-3-2-4-6-11;/h2-6,12-13H,7-10,16H2,1H3,(H,17,20);1H. The van der Waals surface area contributed by atoms with Crippen LogP contribution in [0.1, 0.15) is 24.3 Å². The maximum Gasteiger partial charge on any atom is 0.229 e. The Morgan fingerprint density at radius 1 is 1.43 bits per heavy atom. The van der Waals surface area contributed by atoms with E-state index in [1.165, 1.54) is 0 Å². The van der Waals surface area contributed by atoms with Crippen molar-refractivity contribution in [1.29, 1.82) is 0 Å². The highest BCUT2D eigenvalue weighted by Crippen LogP contribution is 2.16. The van der Waals surface area contributed by atoms with Crippen molar-refractivity contribution in [3.63, 3.8) is 0 Å². The minimum absolute atomic E-state index is 0. The molecule has 1 heterocycles. The van der Waals surface area contributed by atoms with Crippen LogP contribution in [0, 0.1) is 0 Å². The van der Waals surface area contributed by atoms with Crippen molar-refractivity contribution in [1.82, 2.24) is 10.2 Å². The molecule has 0 bridgehead atoms. The minimum Gasteiger partial charge on any atom is -0.351 e. The summed E-state index contributed by atoms with van der Waals surface area (Å²) >= 11 is 0. The fourth-order valence-corrected chi connectivity index (χ4v) is 2.51. The van der Waals surface area contributed by atoms with Crippen LogP contribution in [0.25, 0.3) is 0 Å². The molecular formula is C15H22ClN3O2. The largest absolute Gasteiger partial charge is 0.351 e. The number of carbonyl (C=O) groups is 2. The van der Waals surface area contributed by atoms with Gasteiger partial charge < -0.3 is 16.0 Å². The van der Waals surface area contributed by atoms with Gasteiger partial charge in [-0.2, -0.15) is 0 Å². The quantitative estimate of drug-likeness (QED) is 0.867. The van der Waals surface area contributed by atoms with Crippen molar-refractivity contribution in [3.05, 3.63) is 35.9 Å². The maximum atomic E-state index is 12.3. The number of piperidine rings is 1. The number of nitrogens with one attached hydrogen (secondary N) is 1. The molecule has 116 valence electrons.